The second-order valence-electron chi connectivity index (χ2n) is 5.49. The van der Waals surface area contributed by atoms with Crippen LogP contribution in [-0.2, 0) is 4.79 Å². The third-order valence-corrected chi connectivity index (χ3v) is 2.80. The van der Waals surface area contributed by atoms with Crippen molar-refractivity contribution in [3.63, 3.8) is 0 Å². The van der Waals surface area contributed by atoms with Gasteiger partial charge in [0.2, 0.25) is 0 Å². The van der Waals surface area contributed by atoms with Crippen molar-refractivity contribution in [3.8, 4) is 5.75 Å². The molecule has 0 heterocycles. The van der Waals surface area contributed by atoms with Gasteiger partial charge in [-0.15, -0.1) is 0 Å². The number of benzene rings is 1. The van der Waals surface area contributed by atoms with E-state index >= 15 is 0 Å². The van der Waals surface area contributed by atoms with Gasteiger partial charge in [-0.3, -0.25) is 0 Å². The van der Waals surface area contributed by atoms with Crippen LogP contribution in [0.1, 0.15) is 32.8 Å². The van der Waals surface area contributed by atoms with Gasteiger partial charge in [0.1, 0.15) is 5.75 Å². The van der Waals surface area contributed by atoms with Gasteiger partial charge < -0.3 is 9.84 Å². The van der Waals surface area contributed by atoms with Gasteiger partial charge in [0, 0.05) is 11.6 Å². The lowest BCUT2D eigenvalue weighted by atomic mass is 9.93. The van der Waals surface area contributed by atoms with Crippen molar-refractivity contribution >= 4 is 23.6 Å². The molecule has 3 nitrogen and oxygen atoms in total. The lowest BCUT2D eigenvalue weighted by molar-refractivity contribution is -0.131. The fourth-order valence-corrected chi connectivity index (χ4v) is 1.67. The molecule has 0 radical (unpaired) electrons. The summed E-state index contributed by atoms with van der Waals surface area (Å²) in [5, 5.41) is 9.14. The van der Waals surface area contributed by atoms with E-state index in [0.717, 1.165) is 12.5 Å². The van der Waals surface area contributed by atoms with E-state index in [1.54, 1.807) is 18.2 Å². The number of aliphatic carboxylic acids is 1. The number of halogens is 1. The first-order chi connectivity index (χ1) is 8.79. The van der Waals surface area contributed by atoms with Crippen molar-refractivity contribution in [3.05, 3.63) is 34.9 Å². The van der Waals surface area contributed by atoms with E-state index in [4.69, 9.17) is 21.4 Å². The normalized spacial score (nSPS) is 11.8. The molecule has 1 N–H and O–H groups in total. The molecule has 1 aromatic carbocycles. The van der Waals surface area contributed by atoms with Gasteiger partial charge >= 0.3 is 5.97 Å². The molecule has 0 unspecified atom stereocenters. The van der Waals surface area contributed by atoms with E-state index in [1.807, 2.05) is 0 Å². The molecule has 0 fully saturated rings. The van der Waals surface area contributed by atoms with Crippen molar-refractivity contribution in [1.82, 2.24) is 0 Å². The minimum Gasteiger partial charge on any atom is -0.491 e. The highest BCUT2D eigenvalue weighted by molar-refractivity contribution is 6.32. The van der Waals surface area contributed by atoms with Crippen molar-refractivity contribution in [2.24, 2.45) is 5.41 Å². The maximum atomic E-state index is 10.6. The van der Waals surface area contributed by atoms with Gasteiger partial charge in [-0.2, -0.15) is 0 Å². The van der Waals surface area contributed by atoms with Crippen molar-refractivity contribution in [2.45, 2.75) is 27.2 Å². The average Bonchev–Trinajstić information content (AvgIpc) is 2.27. The first kappa shape index (κ1) is 15.6. The lowest BCUT2D eigenvalue weighted by Crippen LogP contribution is -2.11. The minimum atomic E-state index is -0.999. The molecule has 0 bridgehead atoms. The van der Waals surface area contributed by atoms with Crippen LogP contribution >= 0.6 is 11.6 Å². The van der Waals surface area contributed by atoms with Crippen LogP contribution in [0.2, 0.25) is 5.02 Å². The maximum Gasteiger partial charge on any atom is 0.328 e. The summed E-state index contributed by atoms with van der Waals surface area (Å²) in [7, 11) is 0. The highest BCUT2D eigenvalue weighted by Gasteiger charge is 2.12. The summed E-state index contributed by atoms with van der Waals surface area (Å²) in [6.07, 6.45) is 3.45. The summed E-state index contributed by atoms with van der Waals surface area (Å²) < 4.78 is 5.70. The number of ether oxygens (including phenoxy) is 1. The molecule has 19 heavy (non-hydrogen) atoms. The highest BCUT2D eigenvalue weighted by atomic mass is 35.5. The molecule has 0 saturated carbocycles. The Kier molecular flexibility index (Phi) is 5.43. The zero-order valence-electron chi connectivity index (χ0n) is 11.4. The largest absolute Gasteiger partial charge is 0.491 e. The van der Waals surface area contributed by atoms with Crippen LogP contribution < -0.4 is 4.74 Å². The summed E-state index contributed by atoms with van der Waals surface area (Å²) in [6.45, 7) is 6.94. The molecule has 0 amide bonds. The van der Waals surface area contributed by atoms with Crippen molar-refractivity contribution in [2.75, 3.05) is 6.61 Å². The van der Waals surface area contributed by atoms with E-state index < -0.39 is 5.97 Å². The Balaban J connectivity index is 2.83. The van der Waals surface area contributed by atoms with Crippen LogP contribution in [0, 0.1) is 5.41 Å². The van der Waals surface area contributed by atoms with Crippen LogP contribution in [0.25, 0.3) is 6.08 Å². The van der Waals surface area contributed by atoms with Gasteiger partial charge in [-0.05, 0) is 24.0 Å². The predicted molar refractivity (Wildman–Crippen MR) is 77.7 cm³/mol. The summed E-state index contributed by atoms with van der Waals surface area (Å²) in [5.41, 5.74) is 0.849. The van der Waals surface area contributed by atoms with E-state index in [1.165, 1.54) is 6.08 Å². The molecule has 0 aliphatic rings. The molecule has 1 aromatic rings. The zero-order valence-corrected chi connectivity index (χ0v) is 12.2. The summed E-state index contributed by atoms with van der Waals surface area (Å²) in [4.78, 5) is 10.6. The van der Waals surface area contributed by atoms with Gasteiger partial charge in [0.05, 0.1) is 11.6 Å². The molecular formula is C15H19ClO3. The molecule has 0 atom stereocenters. The first-order valence-corrected chi connectivity index (χ1v) is 6.50. The maximum absolute atomic E-state index is 10.6. The molecule has 0 saturated heterocycles. The number of hydrogen-bond acceptors (Lipinski definition) is 2. The predicted octanol–water partition coefficient (Wildman–Crippen LogP) is 4.25. The number of para-hydroxylation sites is 1. The first-order valence-electron chi connectivity index (χ1n) is 6.12. The molecule has 0 aromatic heterocycles. The van der Waals surface area contributed by atoms with Gasteiger partial charge in [0.25, 0.3) is 0 Å². The van der Waals surface area contributed by atoms with Crippen LogP contribution in [0.4, 0.5) is 0 Å². The van der Waals surface area contributed by atoms with Gasteiger partial charge in [0.15, 0.2) is 0 Å². The standard InChI is InChI=1S/C15H19ClO3/c1-15(2,3)9-10-19-14-11(7-8-13(17)18)5-4-6-12(14)16/h4-8H,9-10H2,1-3H3,(H,17,18)/b8-7+. The van der Waals surface area contributed by atoms with Crippen LogP contribution in [0.3, 0.4) is 0 Å². The molecule has 0 aliphatic heterocycles. The Morgan fingerprint density at radius 2 is 2.11 bits per heavy atom. The Hall–Kier alpha value is -1.48. The summed E-state index contributed by atoms with van der Waals surface area (Å²) in [5.74, 6) is -0.466. The average molecular weight is 283 g/mol. The van der Waals surface area contributed by atoms with E-state index in [0.29, 0.717) is 22.9 Å². The number of rotatable bonds is 5. The van der Waals surface area contributed by atoms with Crippen LogP contribution in [0.5, 0.6) is 5.75 Å². The second kappa shape index (κ2) is 6.62. The Bertz CT molecular complexity index is 473. The molecule has 4 heteroatoms. The fraction of sp³-hybridized carbons (Fsp3) is 0.400. The van der Waals surface area contributed by atoms with Gasteiger partial charge in [-0.25, -0.2) is 4.79 Å². The van der Waals surface area contributed by atoms with E-state index in [2.05, 4.69) is 20.8 Å². The van der Waals surface area contributed by atoms with Crippen LogP contribution in [-0.4, -0.2) is 17.7 Å². The summed E-state index contributed by atoms with van der Waals surface area (Å²) >= 11 is 6.09. The fourth-order valence-electron chi connectivity index (χ4n) is 1.43. The van der Waals surface area contributed by atoms with Crippen molar-refractivity contribution < 1.29 is 14.6 Å². The highest BCUT2D eigenvalue weighted by Crippen LogP contribution is 2.30. The quantitative estimate of drug-likeness (QED) is 0.821. The third kappa shape index (κ3) is 5.79. The zero-order chi connectivity index (χ0) is 14.5. The van der Waals surface area contributed by atoms with Crippen LogP contribution in [0.15, 0.2) is 24.3 Å². The summed E-state index contributed by atoms with van der Waals surface area (Å²) in [6, 6.07) is 5.27. The molecule has 104 valence electrons. The number of carboxylic acid groups (broad SMARTS) is 1. The smallest absolute Gasteiger partial charge is 0.328 e. The Labute approximate surface area is 118 Å². The van der Waals surface area contributed by atoms with E-state index in [-0.39, 0.29) is 5.41 Å². The number of hydrogen-bond donors (Lipinski definition) is 1. The Morgan fingerprint density at radius 3 is 2.68 bits per heavy atom. The monoisotopic (exact) mass is 282 g/mol. The third-order valence-electron chi connectivity index (χ3n) is 2.50. The minimum absolute atomic E-state index is 0.179. The second-order valence-corrected chi connectivity index (χ2v) is 5.90. The molecule has 1 rings (SSSR count). The Morgan fingerprint density at radius 1 is 1.42 bits per heavy atom. The van der Waals surface area contributed by atoms with Crippen molar-refractivity contribution in [1.29, 1.82) is 0 Å². The number of carbonyl (C=O) groups is 1. The molecule has 0 spiro atoms. The number of carboxylic acids is 1. The topological polar surface area (TPSA) is 46.5 Å². The SMILES string of the molecule is CC(C)(C)CCOc1c(Cl)cccc1/C=C/C(=O)O. The molecule has 0 aliphatic carbocycles. The van der Waals surface area contributed by atoms with Gasteiger partial charge in [-0.1, -0.05) is 44.5 Å². The molecular weight excluding hydrogens is 264 g/mol. The van der Waals surface area contributed by atoms with E-state index in [9.17, 15) is 4.79 Å². The lowest BCUT2D eigenvalue weighted by Gasteiger charge is -2.19.